The van der Waals surface area contributed by atoms with E-state index in [-0.39, 0.29) is 42.9 Å². The first-order chi connectivity index (χ1) is 11.1. The second-order valence-corrected chi connectivity index (χ2v) is 6.77. The smallest absolute Gasteiger partial charge is 0.239 e. The third kappa shape index (κ3) is 5.83. The minimum atomic E-state index is -0.385. The van der Waals surface area contributed by atoms with Gasteiger partial charge in [0, 0.05) is 38.8 Å². The first-order valence-electron chi connectivity index (χ1n) is 8.61. The molecule has 2 fully saturated rings. The zero-order valence-corrected chi connectivity index (χ0v) is 16.3. The van der Waals surface area contributed by atoms with Crippen molar-refractivity contribution in [3.8, 4) is 0 Å². The summed E-state index contributed by atoms with van der Waals surface area (Å²) in [5.74, 6) is 0.148. The molecule has 2 aliphatic rings. The summed E-state index contributed by atoms with van der Waals surface area (Å²) >= 11 is 0. The van der Waals surface area contributed by atoms with E-state index in [1.165, 1.54) is 5.56 Å². The molecule has 0 spiro atoms. The van der Waals surface area contributed by atoms with Crippen molar-refractivity contribution in [2.45, 2.75) is 44.5 Å². The van der Waals surface area contributed by atoms with Gasteiger partial charge in [-0.05, 0) is 25.3 Å². The SMILES string of the molecule is CC1CCN(C(=O)C2CC(O)CN2)CCN1Cc1ccccc1.Cl.Cl. The molecule has 0 bridgehead atoms. The third-order valence-corrected chi connectivity index (χ3v) is 5.04. The topological polar surface area (TPSA) is 55.8 Å². The highest BCUT2D eigenvalue weighted by Gasteiger charge is 2.32. The fraction of sp³-hybridized carbons (Fsp3) is 0.611. The Labute approximate surface area is 162 Å². The van der Waals surface area contributed by atoms with Crippen LogP contribution in [0.15, 0.2) is 30.3 Å². The van der Waals surface area contributed by atoms with Crippen LogP contribution in [-0.2, 0) is 11.3 Å². The maximum absolute atomic E-state index is 12.6. The zero-order valence-electron chi connectivity index (χ0n) is 14.6. The van der Waals surface area contributed by atoms with Gasteiger partial charge in [-0.1, -0.05) is 30.3 Å². The van der Waals surface area contributed by atoms with Gasteiger partial charge in [-0.25, -0.2) is 0 Å². The maximum Gasteiger partial charge on any atom is 0.239 e. The monoisotopic (exact) mass is 389 g/mol. The van der Waals surface area contributed by atoms with Crippen LogP contribution in [-0.4, -0.2) is 65.2 Å². The molecule has 0 saturated carbocycles. The van der Waals surface area contributed by atoms with E-state index in [9.17, 15) is 9.90 Å². The highest BCUT2D eigenvalue weighted by molar-refractivity contribution is 5.85. The van der Waals surface area contributed by atoms with Crippen molar-refractivity contribution in [3.05, 3.63) is 35.9 Å². The predicted molar refractivity (Wildman–Crippen MR) is 104 cm³/mol. The molecule has 1 aromatic carbocycles. The van der Waals surface area contributed by atoms with Crippen LogP contribution in [0, 0.1) is 0 Å². The van der Waals surface area contributed by atoms with Crippen LogP contribution in [0.2, 0.25) is 0 Å². The Morgan fingerprint density at radius 3 is 2.56 bits per heavy atom. The minimum absolute atomic E-state index is 0. The standard InChI is InChI=1S/C18H27N3O2.2ClH/c1-14-7-8-20(18(23)17-11-16(22)12-19-17)9-10-21(14)13-15-5-3-2-4-6-15;;/h2-6,14,16-17,19,22H,7-13H2,1H3;2*1H. The molecule has 142 valence electrons. The molecule has 0 radical (unpaired) electrons. The van der Waals surface area contributed by atoms with Gasteiger partial charge in [0.2, 0.25) is 5.91 Å². The molecule has 0 aromatic heterocycles. The number of benzene rings is 1. The summed E-state index contributed by atoms with van der Waals surface area (Å²) in [6, 6.07) is 10.8. The second-order valence-electron chi connectivity index (χ2n) is 6.77. The van der Waals surface area contributed by atoms with Gasteiger partial charge in [-0.3, -0.25) is 9.69 Å². The molecular formula is C18H29Cl2N3O2. The van der Waals surface area contributed by atoms with Gasteiger partial charge >= 0.3 is 0 Å². The first kappa shape index (κ1) is 22.2. The lowest BCUT2D eigenvalue weighted by molar-refractivity contribution is -0.133. The Bertz CT molecular complexity index is 532. The van der Waals surface area contributed by atoms with Gasteiger partial charge < -0.3 is 15.3 Å². The van der Waals surface area contributed by atoms with Crippen molar-refractivity contribution in [1.82, 2.24) is 15.1 Å². The van der Waals surface area contributed by atoms with Gasteiger partial charge in [0.15, 0.2) is 0 Å². The molecule has 1 aromatic rings. The van der Waals surface area contributed by atoms with Gasteiger partial charge in [-0.15, -0.1) is 24.8 Å². The number of nitrogens with one attached hydrogen (secondary N) is 1. The van der Waals surface area contributed by atoms with E-state index in [1.54, 1.807) is 0 Å². The van der Waals surface area contributed by atoms with Crippen LogP contribution in [0.3, 0.4) is 0 Å². The van der Waals surface area contributed by atoms with E-state index < -0.39 is 0 Å². The Balaban J connectivity index is 0.00000156. The van der Waals surface area contributed by atoms with Gasteiger partial charge in [0.1, 0.15) is 0 Å². The molecule has 3 atom stereocenters. The molecule has 2 N–H and O–H groups in total. The lowest BCUT2D eigenvalue weighted by Gasteiger charge is -2.26. The highest BCUT2D eigenvalue weighted by atomic mass is 35.5. The van der Waals surface area contributed by atoms with Crippen LogP contribution in [0.5, 0.6) is 0 Å². The lowest BCUT2D eigenvalue weighted by atomic mass is 10.1. The number of β-amino-alcohol motifs (C(OH)–C–C–N with tert-alkyl or cyclic N) is 1. The van der Waals surface area contributed by atoms with Crippen molar-refractivity contribution in [2.75, 3.05) is 26.2 Å². The van der Waals surface area contributed by atoms with Crippen molar-refractivity contribution >= 4 is 30.7 Å². The number of carbonyl (C=O) groups excluding carboxylic acids is 1. The number of rotatable bonds is 3. The van der Waals surface area contributed by atoms with Crippen molar-refractivity contribution in [2.24, 2.45) is 0 Å². The van der Waals surface area contributed by atoms with Gasteiger partial charge in [0.25, 0.3) is 0 Å². The van der Waals surface area contributed by atoms with E-state index in [2.05, 4.69) is 41.4 Å². The highest BCUT2D eigenvalue weighted by Crippen LogP contribution is 2.17. The number of hydrogen-bond donors (Lipinski definition) is 2. The summed E-state index contributed by atoms with van der Waals surface area (Å²) in [4.78, 5) is 17.0. The van der Waals surface area contributed by atoms with Gasteiger partial charge in [0.05, 0.1) is 12.1 Å². The second kappa shape index (κ2) is 10.3. The number of amides is 1. The fourth-order valence-corrected chi connectivity index (χ4v) is 3.51. The normalized spacial score (nSPS) is 27.1. The molecule has 25 heavy (non-hydrogen) atoms. The summed E-state index contributed by atoms with van der Waals surface area (Å²) < 4.78 is 0. The van der Waals surface area contributed by atoms with Crippen LogP contribution in [0.25, 0.3) is 0 Å². The van der Waals surface area contributed by atoms with Crippen molar-refractivity contribution in [1.29, 1.82) is 0 Å². The van der Waals surface area contributed by atoms with Crippen molar-refractivity contribution in [3.63, 3.8) is 0 Å². The van der Waals surface area contributed by atoms with Crippen molar-refractivity contribution < 1.29 is 9.90 Å². The Morgan fingerprint density at radius 1 is 1.20 bits per heavy atom. The zero-order chi connectivity index (χ0) is 16.2. The molecular weight excluding hydrogens is 361 g/mol. The molecule has 0 aliphatic carbocycles. The number of aliphatic hydroxyl groups is 1. The molecule has 3 unspecified atom stereocenters. The Hall–Kier alpha value is -0.850. The predicted octanol–water partition coefficient (Wildman–Crippen LogP) is 1.68. The largest absolute Gasteiger partial charge is 0.392 e. The minimum Gasteiger partial charge on any atom is -0.392 e. The molecule has 3 rings (SSSR count). The van der Waals surface area contributed by atoms with Gasteiger partial charge in [-0.2, -0.15) is 0 Å². The molecule has 2 heterocycles. The molecule has 5 nitrogen and oxygen atoms in total. The Morgan fingerprint density at radius 2 is 1.92 bits per heavy atom. The molecule has 1 amide bonds. The van der Waals surface area contributed by atoms with Crippen LogP contribution in [0.1, 0.15) is 25.3 Å². The van der Waals surface area contributed by atoms with Crippen LogP contribution >= 0.6 is 24.8 Å². The third-order valence-electron chi connectivity index (χ3n) is 5.04. The van der Waals surface area contributed by atoms with E-state index in [0.29, 0.717) is 19.0 Å². The quantitative estimate of drug-likeness (QED) is 0.825. The molecule has 7 heteroatoms. The van der Waals surface area contributed by atoms with E-state index in [4.69, 9.17) is 0 Å². The number of hydrogen-bond acceptors (Lipinski definition) is 4. The summed E-state index contributed by atoms with van der Waals surface area (Å²) in [7, 11) is 0. The van der Waals surface area contributed by atoms with E-state index >= 15 is 0 Å². The van der Waals surface area contributed by atoms with E-state index in [1.807, 2.05) is 11.0 Å². The summed E-state index contributed by atoms with van der Waals surface area (Å²) in [6.45, 7) is 6.18. The molecule has 2 saturated heterocycles. The maximum atomic E-state index is 12.6. The number of halogens is 2. The fourth-order valence-electron chi connectivity index (χ4n) is 3.51. The number of nitrogens with zero attached hydrogens (tertiary/aromatic N) is 2. The average molecular weight is 390 g/mol. The summed E-state index contributed by atoms with van der Waals surface area (Å²) in [5.41, 5.74) is 1.32. The van der Waals surface area contributed by atoms with Crippen LogP contribution in [0.4, 0.5) is 0 Å². The summed E-state index contributed by atoms with van der Waals surface area (Å²) in [6.07, 6.45) is 1.15. The van der Waals surface area contributed by atoms with Crippen LogP contribution < -0.4 is 5.32 Å². The Kier molecular flexibility index (Phi) is 9.17. The lowest BCUT2D eigenvalue weighted by Crippen LogP contribution is -2.45. The number of aliphatic hydroxyl groups excluding tert-OH is 1. The number of carbonyl (C=O) groups is 1. The average Bonchev–Trinajstić information content (AvgIpc) is 2.92. The molecule has 2 aliphatic heterocycles. The van der Waals surface area contributed by atoms with E-state index in [0.717, 1.165) is 32.6 Å². The first-order valence-corrected chi connectivity index (χ1v) is 8.61. The summed E-state index contributed by atoms with van der Waals surface area (Å²) in [5, 5.41) is 12.7.